The Labute approximate surface area is 113 Å². The van der Waals surface area contributed by atoms with Crippen LogP contribution in [0.5, 0.6) is 0 Å². The highest BCUT2D eigenvalue weighted by atomic mass is 15.3. The first kappa shape index (κ1) is 12.3. The van der Waals surface area contributed by atoms with Gasteiger partial charge in [-0.3, -0.25) is 4.68 Å². The van der Waals surface area contributed by atoms with Crippen molar-refractivity contribution < 1.29 is 0 Å². The summed E-state index contributed by atoms with van der Waals surface area (Å²) in [6.45, 7) is 5.45. The largest absolute Gasteiger partial charge is 0.337 e. The predicted octanol–water partition coefficient (Wildman–Crippen LogP) is 0.887. The molecule has 1 aliphatic rings. The lowest BCUT2D eigenvalue weighted by Gasteiger charge is -2.32. The first-order valence-electron chi connectivity index (χ1n) is 6.90. The monoisotopic (exact) mass is 260 g/mol. The third-order valence-corrected chi connectivity index (χ3v) is 3.74. The van der Waals surface area contributed by atoms with Gasteiger partial charge in [-0.05, 0) is 25.3 Å². The van der Waals surface area contributed by atoms with E-state index in [1.807, 2.05) is 23.4 Å². The van der Waals surface area contributed by atoms with Gasteiger partial charge in [0.2, 0.25) is 0 Å². The fourth-order valence-corrected chi connectivity index (χ4v) is 2.79. The van der Waals surface area contributed by atoms with E-state index in [-0.39, 0.29) is 0 Å². The van der Waals surface area contributed by atoms with Crippen molar-refractivity contribution >= 4 is 0 Å². The topological polar surface area (TPSA) is 51.8 Å². The molecule has 3 heterocycles. The van der Waals surface area contributed by atoms with E-state index in [4.69, 9.17) is 0 Å². The molecule has 3 rings (SSSR count). The lowest BCUT2D eigenvalue weighted by atomic mass is 9.98. The molecule has 102 valence electrons. The molecular formula is C13H20N6. The summed E-state index contributed by atoms with van der Waals surface area (Å²) in [7, 11) is 0. The zero-order valence-electron chi connectivity index (χ0n) is 11.1. The number of imidazole rings is 1. The summed E-state index contributed by atoms with van der Waals surface area (Å²) in [5, 5.41) is 4.15. The van der Waals surface area contributed by atoms with Gasteiger partial charge in [-0.15, -0.1) is 0 Å². The molecule has 0 aromatic carbocycles. The minimum atomic E-state index is 0.735. The van der Waals surface area contributed by atoms with Crippen LogP contribution in [0, 0.1) is 5.92 Å². The third kappa shape index (κ3) is 3.41. The van der Waals surface area contributed by atoms with Gasteiger partial charge in [0.05, 0.1) is 12.9 Å². The fourth-order valence-electron chi connectivity index (χ4n) is 2.79. The summed E-state index contributed by atoms with van der Waals surface area (Å²) in [6, 6.07) is 0. The molecule has 2 aromatic heterocycles. The van der Waals surface area contributed by atoms with Gasteiger partial charge in [-0.1, -0.05) is 0 Å². The molecule has 0 radical (unpaired) electrons. The molecule has 1 atom stereocenters. The van der Waals surface area contributed by atoms with Crippen molar-refractivity contribution in [3.63, 3.8) is 0 Å². The Hall–Kier alpha value is -1.69. The van der Waals surface area contributed by atoms with Crippen molar-refractivity contribution in [1.29, 1.82) is 0 Å². The van der Waals surface area contributed by atoms with Crippen LogP contribution in [0.25, 0.3) is 0 Å². The van der Waals surface area contributed by atoms with Crippen LogP contribution in [0.3, 0.4) is 0 Å². The van der Waals surface area contributed by atoms with Gasteiger partial charge in [-0.25, -0.2) is 9.97 Å². The van der Waals surface area contributed by atoms with E-state index in [1.165, 1.54) is 25.9 Å². The van der Waals surface area contributed by atoms with E-state index in [9.17, 15) is 0 Å². The number of aromatic nitrogens is 5. The Morgan fingerprint density at radius 1 is 1.16 bits per heavy atom. The normalized spacial score (nSPS) is 20.7. The molecule has 0 unspecified atom stereocenters. The Kier molecular flexibility index (Phi) is 3.88. The van der Waals surface area contributed by atoms with Crippen LogP contribution in [0.1, 0.15) is 12.8 Å². The lowest BCUT2D eigenvalue weighted by molar-refractivity contribution is 0.156. The van der Waals surface area contributed by atoms with E-state index in [1.54, 1.807) is 12.7 Å². The van der Waals surface area contributed by atoms with Gasteiger partial charge in [0.25, 0.3) is 0 Å². The number of rotatable bonds is 5. The summed E-state index contributed by atoms with van der Waals surface area (Å²) in [5.41, 5.74) is 0. The lowest BCUT2D eigenvalue weighted by Crippen LogP contribution is -2.38. The van der Waals surface area contributed by atoms with E-state index in [2.05, 4.69) is 24.5 Å². The minimum absolute atomic E-state index is 0.735. The second-order valence-corrected chi connectivity index (χ2v) is 5.23. The molecule has 0 spiro atoms. The molecule has 1 saturated heterocycles. The van der Waals surface area contributed by atoms with Gasteiger partial charge in [0.1, 0.15) is 12.7 Å². The zero-order valence-corrected chi connectivity index (χ0v) is 11.1. The van der Waals surface area contributed by atoms with Crippen molar-refractivity contribution in [2.75, 3.05) is 19.6 Å². The van der Waals surface area contributed by atoms with Gasteiger partial charge in [0.15, 0.2) is 0 Å². The van der Waals surface area contributed by atoms with Crippen LogP contribution >= 0.6 is 0 Å². The van der Waals surface area contributed by atoms with Crippen LogP contribution < -0.4 is 0 Å². The van der Waals surface area contributed by atoms with Crippen molar-refractivity contribution in [2.24, 2.45) is 5.92 Å². The van der Waals surface area contributed by atoms with E-state index >= 15 is 0 Å². The highest BCUT2D eigenvalue weighted by molar-refractivity contribution is 4.79. The molecule has 2 aromatic rings. The minimum Gasteiger partial charge on any atom is -0.337 e. The average molecular weight is 260 g/mol. The first-order valence-corrected chi connectivity index (χ1v) is 6.90. The smallest absolute Gasteiger partial charge is 0.137 e. The molecule has 0 aliphatic carbocycles. The Balaban J connectivity index is 1.47. The maximum Gasteiger partial charge on any atom is 0.137 e. The molecular weight excluding hydrogens is 240 g/mol. The number of nitrogens with zero attached hydrogens (tertiary/aromatic N) is 6. The molecule has 6 nitrogen and oxygen atoms in total. The maximum absolute atomic E-state index is 4.15. The van der Waals surface area contributed by atoms with Gasteiger partial charge in [0, 0.05) is 32.0 Å². The second-order valence-electron chi connectivity index (χ2n) is 5.23. The quantitative estimate of drug-likeness (QED) is 0.801. The summed E-state index contributed by atoms with van der Waals surface area (Å²) in [6.07, 6.45) is 11.8. The SMILES string of the molecule is c1cn(C[C@@H]2CCCN(CCn3cncn3)C2)cn1. The standard InChI is InChI=1S/C13H20N6/c1-2-13(9-18-5-3-14-11-18)8-17(4-1)6-7-19-12-15-10-16-19/h3,5,10-13H,1-2,4,6-9H2/t13-/m1/s1. The molecule has 0 amide bonds. The predicted molar refractivity (Wildman–Crippen MR) is 71.4 cm³/mol. The molecule has 1 fully saturated rings. The maximum atomic E-state index is 4.15. The molecule has 19 heavy (non-hydrogen) atoms. The highest BCUT2D eigenvalue weighted by Gasteiger charge is 2.19. The first-order chi connectivity index (χ1) is 9.40. The molecule has 1 aliphatic heterocycles. The van der Waals surface area contributed by atoms with Crippen molar-refractivity contribution in [3.05, 3.63) is 31.4 Å². The Bertz CT molecular complexity index is 463. The fraction of sp³-hybridized carbons (Fsp3) is 0.615. The summed E-state index contributed by atoms with van der Waals surface area (Å²) in [4.78, 5) is 10.6. The Morgan fingerprint density at radius 2 is 2.16 bits per heavy atom. The van der Waals surface area contributed by atoms with Crippen LogP contribution in [0.4, 0.5) is 0 Å². The van der Waals surface area contributed by atoms with Gasteiger partial charge in [-0.2, -0.15) is 5.10 Å². The summed E-state index contributed by atoms with van der Waals surface area (Å²) >= 11 is 0. The van der Waals surface area contributed by atoms with Crippen molar-refractivity contribution in [3.8, 4) is 0 Å². The third-order valence-electron chi connectivity index (χ3n) is 3.74. The van der Waals surface area contributed by atoms with E-state index in [0.717, 1.165) is 25.6 Å². The van der Waals surface area contributed by atoms with Crippen LogP contribution in [-0.2, 0) is 13.1 Å². The summed E-state index contributed by atoms with van der Waals surface area (Å²) in [5.74, 6) is 0.735. The van der Waals surface area contributed by atoms with Crippen molar-refractivity contribution in [2.45, 2.75) is 25.9 Å². The Morgan fingerprint density at radius 3 is 2.95 bits per heavy atom. The highest BCUT2D eigenvalue weighted by Crippen LogP contribution is 2.18. The zero-order chi connectivity index (χ0) is 12.9. The molecule has 6 heteroatoms. The van der Waals surface area contributed by atoms with Gasteiger partial charge >= 0.3 is 0 Å². The second kappa shape index (κ2) is 5.97. The average Bonchev–Trinajstić information content (AvgIpc) is 3.10. The van der Waals surface area contributed by atoms with Gasteiger partial charge < -0.3 is 9.47 Å². The number of likely N-dealkylation sites (tertiary alicyclic amines) is 1. The number of hydrogen-bond donors (Lipinski definition) is 0. The van der Waals surface area contributed by atoms with Crippen LogP contribution in [0.15, 0.2) is 31.4 Å². The van der Waals surface area contributed by atoms with Crippen molar-refractivity contribution in [1.82, 2.24) is 29.2 Å². The van der Waals surface area contributed by atoms with Crippen LogP contribution in [0.2, 0.25) is 0 Å². The van der Waals surface area contributed by atoms with Crippen LogP contribution in [-0.4, -0.2) is 48.8 Å². The molecule has 0 bridgehead atoms. The van der Waals surface area contributed by atoms with E-state index in [0.29, 0.717) is 0 Å². The number of piperidine rings is 1. The van der Waals surface area contributed by atoms with E-state index < -0.39 is 0 Å². The number of hydrogen-bond acceptors (Lipinski definition) is 4. The summed E-state index contributed by atoms with van der Waals surface area (Å²) < 4.78 is 4.09. The molecule has 0 N–H and O–H groups in total. The molecule has 0 saturated carbocycles.